The van der Waals surface area contributed by atoms with E-state index >= 15 is 0 Å². The first-order valence-electron chi connectivity index (χ1n) is 2.73. The Morgan fingerprint density at radius 1 is 1.67 bits per heavy atom. The maximum Gasteiger partial charge on any atom is 0.114 e. The maximum absolute atomic E-state index is 5.73. The van der Waals surface area contributed by atoms with E-state index in [0.717, 1.165) is 5.70 Å². The van der Waals surface area contributed by atoms with Gasteiger partial charge in [-0.1, -0.05) is 17.7 Å². The number of rotatable bonds is 0. The average molecular weight is 145 g/mol. The van der Waals surface area contributed by atoms with Crippen LogP contribution in [0.3, 0.4) is 0 Å². The molecule has 0 radical (unpaired) electrons. The summed E-state index contributed by atoms with van der Waals surface area (Å²) >= 11 is 5.73. The molecule has 1 rings (SSSR count). The number of hydrogen-bond acceptors (Lipinski definition) is 2. The lowest BCUT2D eigenvalue weighted by Crippen LogP contribution is -2.31. The van der Waals surface area contributed by atoms with Crippen LogP contribution in [0.25, 0.3) is 0 Å². The van der Waals surface area contributed by atoms with E-state index in [1.807, 2.05) is 6.08 Å². The van der Waals surface area contributed by atoms with Gasteiger partial charge in [-0.05, 0) is 12.2 Å². The van der Waals surface area contributed by atoms with Crippen LogP contribution in [-0.4, -0.2) is 5.00 Å². The highest BCUT2D eigenvalue weighted by Gasteiger charge is 2.17. The molecule has 1 aliphatic rings. The maximum atomic E-state index is 5.73. The Bertz CT molecular complexity index is 170. The van der Waals surface area contributed by atoms with Gasteiger partial charge in [0.25, 0.3) is 0 Å². The van der Waals surface area contributed by atoms with Crippen LogP contribution in [0.4, 0.5) is 0 Å². The minimum Gasteiger partial charge on any atom is -0.399 e. The molecule has 1 aliphatic carbocycles. The van der Waals surface area contributed by atoms with Gasteiger partial charge in [-0.2, -0.15) is 0 Å². The molecule has 50 valence electrons. The SMILES string of the molecule is NC1=CCC(N)(Cl)C=C1. The first-order valence-corrected chi connectivity index (χ1v) is 3.11. The van der Waals surface area contributed by atoms with E-state index in [-0.39, 0.29) is 0 Å². The van der Waals surface area contributed by atoms with Gasteiger partial charge < -0.3 is 11.5 Å². The van der Waals surface area contributed by atoms with Crippen molar-refractivity contribution in [1.29, 1.82) is 0 Å². The van der Waals surface area contributed by atoms with E-state index < -0.39 is 5.00 Å². The lowest BCUT2D eigenvalue weighted by molar-refractivity contribution is 0.736. The van der Waals surface area contributed by atoms with Crippen molar-refractivity contribution in [2.24, 2.45) is 11.5 Å². The van der Waals surface area contributed by atoms with Crippen molar-refractivity contribution in [2.45, 2.75) is 11.4 Å². The van der Waals surface area contributed by atoms with Gasteiger partial charge in [-0.25, -0.2) is 0 Å². The summed E-state index contributed by atoms with van der Waals surface area (Å²) in [7, 11) is 0. The van der Waals surface area contributed by atoms with E-state index in [0.29, 0.717) is 6.42 Å². The summed E-state index contributed by atoms with van der Waals surface area (Å²) in [6, 6.07) is 0. The topological polar surface area (TPSA) is 52.0 Å². The van der Waals surface area contributed by atoms with Crippen LogP contribution in [0.1, 0.15) is 6.42 Å². The second-order valence-electron chi connectivity index (χ2n) is 2.17. The van der Waals surface area contributed by atoms with Gasteiger partial charge in [0.15, 0.2) is 0 Å². The number of halogens is 1. The predicted molar refractivity (Wildman–Crippen MR) is 38.8 cm³/mol. The molecule has 0 aromatic heterocycles. The number of nitrogens with two attached hydrogens (primary N) is 2. The molecule has 0 spiro atoms. The molecular formula is C6H9ClN2. The Labute approximate surface area is 59.2 Å². The Kier molecular flexibility index (Phi) is 1.51. The molecule has 1 atom stereocenters. The second kappa shape index (κ2) is 2.05. The molecule has 1 unspecified atom stereocenters. The van der Waals surface area contributed by atoms with Crippen LogP contribution in [0.5, 0.6) is 0 Å². The molecule has 3 heteroatoms. The third kappa shape index (κ3) is 1.73. The smallest absolute Gasteiger partial charge is 0.114 e. The molecule has 0 saturated heterocycles. The molecule has 0 saturated carbocycles. The van der Waals surface area contributed by atoms with Crippen molar-refractivity contribution in [3.05, 3.63) is 23.9 Å². The molecule has 4 N–H and O–H groups in total. The third-order valence-electron chi connectivity index (χ3n) is 1.20. The van der Waals surface area contributed by atoms with Gasteiger partial charge in [0, 0.05) is 12.1 Å². The highest BCUT2D eigenvalue weighted by atomic mass is 35.5. The first-order chi connectivity index (χ1) is 4.10. The fraction of sp³-hybridized carbons (Fsp3) is 0.333. The van der Waals surface area contributed by atoms with Crippen LogP contribution in [0.15, 0.2) is 23.9 Å². The standard InChI is InChI=1S/C6H9ClN2/c7-6(9)3-1-5(8)2-4-6/h1-3H,4,8-9H2. The number of allylic oxidation sites excluding steroid dienone is 1. The predicted octanol–water partition coefficient (Wildman–Crippen LogP) is 0.683. The van der Waals surface area contributed by atoms with Crippen molar-refractivity contribution in [1.82, 2.24) is 0 Å². The summed E-state index contributed by atoms with van der Waals surface area (Å²) < 4.78 is 0. The van der Waals surface area contributed by atoms with Crippen molar-refractivity contribution >= 4 is 11.6 Å². The summed E-state index contributed by atoms with van der Waals surface area (Å²) in [5.41, 5.74) is 11.7. The van der Waals surface area contributed by atoms with Gasteiger partial charge in [0.1, 0.15) is 5.00 Å². The summed E-state index contributed by atoms with van der Waals surface area (Å²) in [4.78, 5) is -0.705. The summed E-state index contributed by atoms with van der Waals surface area (Å²) in [5.74, 6) is 0. The minimum absolute atomic E-state index is 0.608. The normalized spacial score (nSPS) is 34.2. The van der Waals surface area contributed by atoms with E-state index in [1.54, 1.807) is 12.2 Å². The fourth-order valence-electron chi connectivity index (χ4n) is 0.645. The minimum atomic E-state index is -0.705. The van der Waals surface area contributed by atoms with Crippen LogP contribution in [-0.2, 0) is 0 Å². The Morgan fingerprint density at radius 3 is 2.67 bits per heavy atom. The van der Waals surface area contributed by atoms with Gasteiger partial charge >= 0.3 is 0 Å². The van der Waals surface area contributed by atoms with Crippen LogP contribution in [0.2, 0.25) is 0 Å². The van der Waals surface area contributed by atoms with Crippen molar-refractivity contribution in [2.75, 3.05) is 0 Å². The molecule has 0 bridgehead atoms. The number of alkyl halides is 1. The third-order valence-corrected chi connectivity index (χ3v) is 1.48. The Balaban J connectivity index is 2.70. The summed E-state index contributed by atoms with van der Waals surface area (Å²) in [6.45, 7) is 0. The van der Waals surface area contributed by atoms with E-state index in [9.17, 15) is 0 Å². The quantitative estimate of drug-likeness (QED) is 0.388. The second-order valence-corrected chi connectivity index (χ2v) is 2.87. The molecule has 0 heterocycles. The molecule has 0 aliphatic heterocycles. The Hall–Kier alpha value is -0.470. The first kappa shape index (κ1) is 6.65. The fourth-order valence-corrected chi connectivity index (χ4v) is 0.785. The summed E-state index contributed by atoms with van der Waals surface area (Å²) in [6.07, 6.45) is 5.84. The van der Waals surface area contributed by atoms with Gasteiger partial charge in [-0.15, -0.1) is 0 Å². The average Bonchev–Trinajstić information content (AvgIpc) is 1.78. The Morgan fingerprint density at radius 2 is 2.33 bits per heavy atom. The molecular weight excluding hydrogens is 136 g/mol. The number of hydrogen-bond donors (Lipinski definition) is 2. The van der Waals surface area contributed by atoms with Gasteiger partial charge in [0.2, 0.25) is 0 Å². The lowest BCUT2D eigenvalue weighted by atomic mass is 10.1. The zero-order valence-electron chi connectivity index (χ0n) is 4.97. The van der Waals surface area contributed by atoms with Crippen molar-refractivity contribution in [3.8, 4) is 0 Å². The largest absolute Gasteiger partial charge is 0.399 e. The molecule has 0 aromatic rings. The van der Waals surface area contributed by atoms with Crippen LogP contribution >= 0.6 is 11.6 Å². The molecule has 2 nitrogen and oxygen atoms in total. The van der Waals surface area contributed by atoms with Crippen molar-refractivity contribution in [3.63, 3.8) is 0 Å². The highest BCUT2D eigenvalue weighted by molar-refractivity contribution is 6.25. The summed E-state index contributed by atoms with van der Waals surface area (Å²) in [5, 5.41) is 0. The lowest BCUT2D eigenvalue weighted by Gasteiger charge is -2.18. The van der Waals surface area contributed by atoms with Crippen LogP contribution < -0.4 is 11.5 Å². The van der Waals surface area contributed by atoms with Crippen molar-refractivity contribution < 1.29 is 0 Å². The highest BCUT2D eigenvalue weighted by Crippen LogP contribution is 2.19. The zero-order valence-corrected chi connectivity index (χ0v) is 5.73. The molecule has 0 amide bonds. The van der Waals surface area contributed by atoms with Gasteiger partial charge in [-0.3, -0.25) is 0 Å². The zero-order chi connectivity index (χ0) is 6.91. The molecule has 9 heavy (non-hydrogen) atoms. The van der Waals surface area contributed by atoms with E-state index in [4.69, 9.17) is 23.1 Å². The van der Waals surface area contributed by atoms with Gasteiger partial charge in [0.05, 0.1) is 0 Å². The molecule has 0 aromatic carbocycles. The molecule has 0 fully saturated rings. The van der Waals surface area contributed by atoms with E-state index in [1.165, 1.54) is 0 Å². The van der Waals surface area contributed by atoms with Crippen LogP contribution in [0, 0.1) is 0 Å². The van der Waals surface area contributed by atoms with E-state index in [2.05, 4.69) is 0 Å². The monoisotopic (exact) mass is 144 g/mol.